The number of terminal acetylenes is 2. The van der Waals surface area contributed by atoms with Crippen LogP contribution in [0.1, 0.15) is 6.42 Å². The van der Waals surface area contributed by atoms with E-state index < -0.39 is 6.04 Å². The first-order valence-electron chi connectivity index (χ1n) is 7.43. The number of hydrogen-bond donors (Lipinski definition) is 2. The first-order chi connectivity index (χ1) is 11.2. The SMILES string of the molecule is C#CCOCCOCCOCCOCCNC(=O)C(N)CC#C. The molecular formula is C16H26N2O5. The molecule has 0 saturated carbocycles. The Morgan fingerprint density at radius 2 is 1.43 bits per heavy atom. The smallest absolute Gasteiger partial charge is 0.237 e. The van der Waals surface area contributed by atoms with Gasteiger partial charge in [0.2, 0.25) is 5.91 Å². The fraction of sp³-hybridized carbons (Fsp3) is 0.688. The highest BCUT2D eigenvalue weighted by Gasteiger charge is 2.10. The molecule has 23 heavy (non-hydrogen) atoms. The number of ether oxygens (including phenoxy) is 4. The second-order valence-electron chi connectivity index (χ2n) is 4.40. The van der Waals surface area contributed by atoms with Gasteiger partial charge >= 0.3 is 0 Å². The molecule has 0 aromatic heterocycles. The first-order valence-corrected chi connectivity index (χ1v) is 7.43. The summed E-state index contributed by atoms with van der Waals surface area (Å²) in [5.74, 6) is 4.44. The normalized spacial score (nSPS) is 11.4. The van der Waals surface area contributed by atoms with E-state index in [1.165, 1.54) is 0 Å². The Balaban J connectivity index is 3.18. The monoisotopic (exact) mass is 326 g/mol. The first kappa shape index (κ1) is 21.4. The second-order valence-corrected chi connectivity index (χ2v) is 4.40. The van der Waals surface area contributed by atoms with Gasteiger partial charge in [-0.1, -0.05) is 5.92 Å². The molecule has 0 fully saturated rings. The van der Waals surface area contributed by atoms with Crippen molar-refractivity contribution in [3.05, 3.63) is 0 Å². The summed E-state index contributed by atoms with van der Waals surface area (Å²) in [6, 6.07) is -0.666. The quantitative estimate of drug-likeness (QED) is 0.301. The van der Waals surface area contributed by atoms with Gasteiger partial charge in [0.1, 0.15) is 6.61 Å². The lowest BCUT2D eigenvalue weighted by molar-refractivity contribution is -0.122. The number of hydrogen-bond acceptors (Lipinski definition) is 6. The molecule has 0 aromatic rings. The Kier molecular flexibility index (Phi) is 15.6. The van der Waals surface area contributed by atoms with Crippen LogP contribution in [0.15, 0.2) is 0 Å². The van der Waals surface area contributed by atoms with Gasteiger partial charge < -0.3 is 30.0 Å². The average molecular weight is 326 g/mol. The number of nitrogens with one attached hydrogen (secondary N) is 1. The predicted molar refractivity (Wildman–Crippen MR) is 86.5 cm³/mol. The van der Waals surface area contributed by atoms with E-state index >= 15 is 0 Å². The van der Waals surface area contributed by atoms with Gasteiger partial charge in [0.05, 0.1) is 52.3 Å². The van der Waals surface area contributed by atoms with Crippen LogP contribution in [0.4, 0.5) is 0 Å². The van der Waals surface area contributed by atoms with Crippen molar-refractivity contribution in [2.75, 3.05) is 59.4 Å². The summed E-state index contributed by atoms with van der Waals surface area (Å²) in [5.41, 5.74) is 5.54. The van der Waals surface area contributed by atoms with Crippen LogP contribution < -0.4 is 11.1 Å². The lowest BCUT2D eigenvalue weighted by Crippen LogP contribution is -2.41. The van der Waals surface area contributed by atoms with Crippen molar-refractivity contribution in [1.82, 2.24) is 5.32 Å². The van der Waals surface area contributed by atoms with Gasteiger partial charge in [0.25, 0.3) is 0 Å². The zero-order valence-electron chi connectivity index (χ0n) is 13.4. The van der Waals surface area contributed by atoms with Crippen LogP contribution in [0.25, 0.3) is 0 Å². The fourth-order valence-corrected chi connectivity index (χ4v) is 1.39. The van der Waals surface area contributed by atoms with Crippen LogP contribution >= 0.6 is 0 Å². The molecule has 7 nitrogen and oxygen atoms in total. The molecule has 0 aromatic carbocycles. The maximum atomic E-state index is 11.4. The van der Waals surface area contributed by atoms with E-state index in [-0.39, 0.29) is 12.3 Å². The van der Waals surface area contributed by atoms with Crippen LogP contribution in [0.3, 0.4) is 0 Å². The molecule has 0 heterocycles. The Morgan fingerprint density at radius 1 is 0.913 bits per heavy atom. The summed E-state index contributed by atoms with van der Waals surface area (Å²) in [5, 5.41) is 2.64. The Hall–Kier alpha value is -1.61. The highest BCUT2D eigenvalue weighted by atomic mass is 16.6. The molecular weight excluding hydrogens is 300 g/mol. The molecule has 0 spiro atoms. The highest BCUT2D eigenvalue weighted by Crippen LogP contribution is 1.86. The molecule has 0 aliphatic carbocycles. The third kappa shape index (κ3) is 15.1. The second kappa shape index (κ2) is 16.8. The maximum absolute atomic E-state index is 11.4. The Morgan fingerprint density at radius 3 is 1.96 bits per heavy atom. The van der Waals surface area contributed by atoms with Gasteiger partial charge in [-0.05, 0) is 0 Å². The zero-order valence-corrected chi connectivity index (χ0v) is 13.4. The molecule has 0 aliphatic heterocycles. The Labute approximate surface area is 138 Å². The molecule has 7 heteroatoms. The van der Waals surface area contributed by atoms with E-state index in [2.05, 4.69) is 17.2 Å². The van der Waals surface area contributed by atoms with Gasteiger partial charge in [-0.15, -0.1) is 18.8 Å². The number of carbonyl (C=O) groups is 1. The lowest BCUT2D eigenvalue weighted by atomic mass is 10.2. The minimum atomic E-state index is -0.666. The van der Waals surface area contributed by atoms with E-state index in [0.717, 1.165) is 0 Å². The molecule has 130 valence electrons. The van der Waals surface area contributed by atoms with Crippen LogP contribution in [0.2, 0.25) is 0 Å². The average Bonchev–Trinajstić information content (AvgIpc) is 2.55. The molecule has 1 atom stereocenters. The van der Waals surface area contributed by atoms with E-state index in [4.69, 9.17) is 37.5 Å². The molecule has 1 unspecified atom stereocenters. The minimum Gasteiger partial charge on any atom is -0.377 e. The van der Waals surface area contributed by atoms with Crippen LogP contribution in [0, 0.1) is 24.7 Å². The van der Waals surface area contributed by atoms with E-state index in [9.17, 15) is 4.79 Å². The van der Waals surface area contributed by atoms with Crippen molar-refractivity contribution in [3.8, 4) is 24.7 Å². The fourth-order valence-electron chi connectivity index (χ4n) is 1.39. The molecule has 0 rings (SSSR count). The van der Waals surface area contributed by atoms with Gasteiger partial charge in [0.15, 0.2) is 0 Å². The number of rotatable bonds is 15. The van der Waals surface area contributed by atoms with E-state index in [1.807, 2.05) is 0 Å². The minimum absolute atomic E-state index is 0.221. The summed E-state index contributed by atoms with van der Waals surface area (Å²) in [6.45, 7) is 3.91. The molecule has 0 saturated heterocycles. The summed E-state index contributed by atoms with van der Waals surface area (Å²) < 4.78 is 20.9. The largest absolute Gasteiger partial charge is 0.377 e. The van der Waals surface area contributed by atoms with E-state index in [0.29, 0.717) is 59.4 Å². The van der Waals surface area contributed by atoms with E-state index in [1.54, 1.807) is 0 Å². The van der Waals surface area contributed by atoms with Crippen molar-refractivity contribution in [3.63, 3.8) is 0 Å². The van der Waals surface area contributed by atoms with Crippen LogP contribution in [-0.4, -0.2) is 71.3 Å². The summed E-state index contributed by atoms with van der Waals surface area (Å²) in [6.07, 6.45) is 10.3. The van der Waals surface area contributed by atoms with Gasteiger partial charge in [-0.3, -0.25) is 4.79 Å². The Bertz CT molecular complexity index is 376. The summed E-state index contributed by atoms with van der Waals surface area (Å²) in [4.78, 5) is 11.4. The highest BCUT2D eigenvalue weighted by molar-refractivity contribution is 5.81. The topological polar surface area (TPSA) is 92.0 Å². The lowest BCUT2D eigenvalue weighted by Gasteiger charge is -2.10. The van der Waals surface area contributed by atoms with Crippen molar-refractivity contribution in [2.45, 2.75) is 12.5 Å². The van der Waals surface area contributed by atoms with Crippen LogP contribution in [0.5, 0.6) is 0 Å². The number of nitrogens with two attached hydrogens (primary N) is 1. The standard InChI is InChI=1S/C16H26N2O5/c1-3-5-15(17)16(19)18-6-8-21-10-12-23-14-13-22-11-9-20-7-4-2/h1-2,15H,5-14,17H2,(H,18,19). The molecule has 0 bridgehead atoms. The molecule has 0 radical (unpaired) electrons. The third-order valence-electron chi connectivity index (χ3n) is 2.52. The van der Waals surface area contributed by atoms with Crippen molar-refractivity contribution < 1.29 is 23.7 Å². The van der Waals surface area contributed by atoms with Crippen LogP contribution in [-0.2, 0) is 23.7 Å². The van der Waals surface area contributed by atoms with Gasteiger partial charge in [-0.25, -0.2) is 0 Å². The molecule has 3 N–H and O–H groups in total. The summed E-state index contributed by atoms with van der Waals surface area (Å²) >= 11 is 0. The van der Waals surface area contributed by atoms with Crippen molar-refractivity contribution in [1.29, 1.82) is 0 Å². The summed E-state index contributed by atoms with van der Waals surface area (Å²) in [7, 11) is 0. The maximum Gasteiger partial charge on any atom is 0.237 e. The number of carbonyl (C=O) groups excluding carboxylic acids is 1. The predicted octanol–water partition coefficient (Wildman–Crippen LogP) is -0.847. The van der Waals surface area contributed by atoms with Crippen molar-refractivity contribution >= 4 is 5.91 Å². The molecule has 1 amide bonds. The van der Waals surface area contributed by atoms with Gasteiger partial charge in [-0.2, -0.15) is 0 Å². The zero-order chi connectivity index (χ0) is 17.2. The third-order valence-corrected chi connectivity index (χ3v) is 2.52. The van der Waals surface area contributed by atoms with Crippen molar-refractivity contribution in [2.24, 2.45) is 5.73 Å². The number of amides is 1. The molecule has 0 aliphatic rings. The van der Waals surface area contributed by atoms with Gasteiger partial charge in [0, 0.05) is 13.0 Å².